The molecule has 88 valence electrons. The number of nitrogens with zero attached hydrogens (tertiary/aromatic N) is 1. The number of hydrogen-bond donors (Lipinski definition) is 0. The van der Waals surface area contributed by atoms with Crippen LogP contribution in [0.3, 0.4) is 0 Å². The second-order valence-electron chi connectivity index (χ2n) is 5.17. The quantitative estimate of drug-likeness (QED) is 0.733. The Balaban J connectivity index is 1.71. The van der Waals surface area contributed by atoms with Gasteiger partial charge in [0.1, 0.15) is 0 Å². The summed E-state index contributed by atoms with van der Waals surface area (Å²) in [5, 5.41) is 0. The van der Waals surface area contributed by atoms with Crippen LogP contribution in [0.1, 0.15) is 56.3 Å². The lowest BCUT2D eigenvalue weighted by atomic mass is 9.85. The minimum absolute atomic E-state index is 1.01. The molecule has 1 fully saturated rings. The number of aromatic nitrogens is 1. The van der Waals surface area contributed by atoms with E-state index in [1.807, 2.05) is 0 Å². The first kappa shape index (κ1) is 11.6. The summed E-state index contributed by atoms with van der Waals surface area (Å²) in [5.41, 5.74) is 2.42. The maximum absolute atomic E-state index is 4.56. The van der Waals surface area contributed by atoms with Gasteiger partial charge in [0.25, 0.3) is 0 Å². The molecular formula is C15H23N. The molecule has 1 aromatic rings. The number of rotatable bonds is 4. The fourth-order valence-corrected chi connectivity index (χ4v) is 2.79. The first-order chi connectivity index (χ1) is 7.84. The Morgan fingerprint density at radius 3 is 2.75 bits per heavy atom. The van der Waals surface area contributed by atoms with E-state index in [2.05, 4.69) is 30.1 Å². The van der Waals surface area contributed by atoms with Gasteiger partial charge >= 0.3 is 0 Å². The minimum Gasteiger partial charge on any atom is -0.258 e. The molecule has 0 atom stereocenters. The molecule has 1 aliphatic rings. The van der Waals surface area contributed by atoms with Gasteiger partial charge in [0.05, 0.1) is 0 Å². The van der Waals surface area contributed by atoms with Crippen molar-refractivity contribution in [2.45, 2.75) is 58.3 Å². The first-order valence-corrected chi connectivity index (χ1v) is 6.77. The Morgan fingerprint density at radius 1 is 1.19 bits per heavy atom. The zero-order valence-corrected chi connectivity index (χ0v) is 10.4. The highest BCUT2D eigenvalue weighted by atomic mass is 14.7. The van der Waals surface area contributed by atoms with E-state index in [0.717, 1.165) is 18.0 Å². The van der Waals surface area contributed by atoms with Crippen molar-refractivity contribution in [3.05, 3.63) is 29.6 Å². The van der Waals surface area contributed by atoms with Gasteiger partial charge in [-0.3, -0.25) is 4.98 Å². The van der Waals surface area contributed by atoms with Crippen LogP contribution >= 0.6 is 0 Å². The molecule has 2 rings (SSSR count). The molecule has 1 saturated carbocycles. The third-order valence-electron chi connectivity index (χ3n) is 3.72. The number of pyridine rings is 1. The standard InChI is InChI=1S/C15H23N/c1-13-7-5-11-15(16-13)12-6-10-14-8-3-2-4-9-14/h5,7,11,14H,2-4,6,8-10,12H2,1H3. The molecule has 1 aliphatic carbocycles. The van der Waals surface area contributed by atoms with Crippen LogP contribution in [0.2, 0.25) is 0 Å². The van der Waals surface area contributed by atoms with Crippen LogP contribution in [-0.2, 0) is 6.42 Å². The summed E-state index contributed by atoms with van der Waals surface area (Å²) < 4.78 is 0. The monoisotopic (exact) mass is 217 g/mol. The molecule has 1 heteroatoms. The average molecular weight is 217 g/mol. The molecule has 0 radical (unpaired) electrons. The van der Waals surface area contributed by atoms with Crippen molar-refractivity contribution in [1.29, 1.82) is 0 Å². The molecule has 1 aromatic heterocycles. The van der Waals surface area contributed by atoms with Crippen LogP contribution in [0.15, 0.2) is 18.2 Å². The molecule has 0 aliphatic heterocycles. The Bertz CT molecular complexity index is 313. The molecule has 16 heavy (non-hydrogen) atoms. The van der Waals surface area contributed by atoms with Crippen LogP contribution in [-0.4, -0.2) is 4.98 Å². The van der Waals surface area contributed by atoms with E-state index < -0.39 is 0 Å². The van der Waals surface area contributed by atoms with E-state index in [1.54, 1.807) is 0 Å². The Kier molecular flexibility index (Phi) is 4.38. The molecule has 0 spiro atoms. The summed E-state index contributed by atoms with van der Waals surface area (Å²) in [6.07, 6.45) is 11.2. The van der Waals surface area contributed by atoms with Gasteiger partial charge in [-0.05, 0) is 37.8 Å². The molecule has 1 nitrogen and oxygen atoms in total. The van der Waals surface area contributed by atoms with Gasteiger partial charge in [-0.15, -0.1) is 0 Å². The number of hydrogen-bond acceptors (Lipinski definition) is 1. The van der Waals surface area contributed by atoms with Crippen LogP contribution < -0.4 is 0 Å². The Morgan fingerprint density at radius 2 is 2.00 bits per heavy atom. The summed E-state index contributed by atoms with van der Waals surface area (Å²) in [6, 6.07) is 6.36. The second-order valence-corrected chi connectivity index (χ2v) is 5.17. The van der Waals surface area contributed by atoms with Gasteiger partial charge in [-0.1, -0.05) is 44.6 Å². The van der Waals surface area contributed by atoms with Crippen LogP contribution in [0.5, 0.6) is 0 Å². The fraction of sp³-hybridized carbons (Fsp3) is 0.667. The molecule has 0 amide bonds. The van der Waals surface area contributed by atoms with Gasteiger partial charge in [0.15, 0.2) is 0 Å². The maximum atomic E-state index is 4.56. The topological polar surface area (TPSA) is 12.9 Å². The van der Waals surface area contributed by atoms with Gasteiger partial charge in [-0.25, -0.2) is 0 Å². The van der Waals surface area contributed by atoms with Crippen molar-refractivity contribution >= 4 is 0 Å². The smallest absolute Gasteiger partial charge is 0.0406 e. The maximum Gasteiger partial charge on any atom is 0.0406 e. The molecule has 1 heterocycles. The highest BCUT2D eigenvalue weighted by molar-refractivity contribution is 5.09. The zero-order valence-electron chi connectivity index (χ0n) is 10.4. The zero-order chi connectivity index (χ0) is 11.2. The van der Waals surface area contributed by atoms with E-state index in [-0.39, 0.29) is 0 Å². The van der Waals surface area contributed by atoms with E-state index in [9.17, 15) is 0 Å². The molecule has 0 aromatic carbocycles. The predicted octanol–water partition coefficient (Wildman–Crippen LogP) is 4.29. The van der Waals surface area contributed by atoms with Crippen molar-refractivity contribution in [2.75, 3.05) is 0 Å². The summed E-state index contributed by atoms with van der Waals surface area (Å²) >= 11 is 0. The Hall–Kier alpha value is -0.850. The molecule has 0 unspecified atom stereocenters. The molecule has 0 saturated heterocycles. The highest BCUT2D eigenvalue weighted by Crippen LogP contribution is 2.27. The van der Waals surface area contributed by atoms with Gasteiger partial charge < -0.3 is 0 Å². The van der Waals surface area contributed by atoms with E-state index in [4.69, 9.17) is 0 Å². The third kappa shape index (κ3) is 3.62. The fourth-order valence-electron chi connectivity index (χ4n) is 2.79. The predicted molar refractivity (Wildman–Crippen MR) is 68.5 cm³/mol. The van der Waals surface area contributed by atoms with Gasteiger partial charge in [-0.2, -0.15) is 0 Å². The normalized spacial score (nSPS) is 17.6. The third-order valence-corrected chi connectivity index (χ3v) is 3.72. The summed E-state index contributed by atoms with van der Waals surface area (Å²) in [5.74, 6) is 1.01. The van der Waals surface area contributed by atoms with Crippen LogP contribution in [0.4, 0.5) is 0 Å². The summed E-state index contributed by atoms with van der Waals surface area (Å²) in [6.45, 7) is 2.07. The van der Waals surface area contributed by atoms with Crippen LogP contribution in [0.25, 0.3) is 0 Å². The van der Waals surface area contributed by atoms with Crippen molar-refractivity contribution in [2.24, 2.45) is 5.92 Å². The lowest BCUT2D eigenvalue weighted by molar-refractivity contribution is 0.332. The van der Waals surface area contributed by atoms with Crippen molar-refractivity contribution in [3.8, 4) is 0 Å². The highest BCUT2D eigenvalue weighted by Gasteiger charge is 2.12. The largest absolute Gasteiger partial charge is 0.258 e. The van der Waals surface area contributed by atoms with E-state index >= 15 is 0 Å². The summed E-state index contributed by atoms with van der Waals surface area (Å²) in [4.78, 5) is 4.56. The van der Waals surface area contributed by atoms with Crippen molar-refractivity contribution < 1.29 is 0 Å². The lowest BCUT2D eigenvalue weighted by Crippen LogP contribution is -2.06. The number of aryl methyl sites for hydroxylation is 2. The second kappa shape index (κ2) is 6.03. The SMILES string of the molecule is Cc1cccc(CCCC2CCCCC2)n1. The molecule has 0 bridgehead atoms. The van der Waals surface area contributed by atoms with Crippen molar-refractivity contribution in [3.63, 3.8) is 0 Å². The first-order valence-electron chi connectivity index (χ1n) is 6.77. The van der Waals surface area contributed by atoms with Crippen LogP contribution in [0, 0.1) is 12.8 Å². The summed E-state index contributed by atoms with van der Waals surface area (Å²) in [7, 11) is 0. The van der Waals surface area contributed by atoms with Crippen molar-refractivity contribution in [1.82, 2.24) is 4.98 Å². The molecule has 0 N–H and O–H groups in total. The molecular weight excluding hydrogens is 194 g/mol. The van der Waals surface area contributed by atoms with Gasteiger partial charge in [0, 0.05) is 11.4 Å². The van der Waals surface area contributed by atoms with E-state index in [0.29, 0.717) is 0 Å². The Labute approximate surface area is 99.3 Å². The minimum atomic E-state index is 1.01. The average Bonchev–Trinajstić information content (AvgIpc) is 2.30. The van der Waals surface area contributed by atoms with Gasteiger partial charge in [0.2, 0.25) is 0 Å². The van der Waals surface area contributed by atoms with E-state index in [1.165, 1.54) is 50.6 Å². The lowest BCUT2D eigenvalue weighted by Gasteiger charge is -2.21.